The number of hydrogen-bond donors (Lipinski definition) is 1. The van der Waals surface area contributed by atoms with E-state index in [1.54, 1.807) is 0 Å². The molecule has 0 saturated heterocycles. The van der Waals surface area contributed by atoms with E-state index in [4.69, 9.17) is 16.1 Å². The Morgan fingerprint density at radius 2 is 2.50 bits per heavy atom. The van der Waals surface area contributed by atoms with Crippen molar-refractivity contribution in [1.82, 2.24) is 5.09 Å². The maximum atomic E-state index is 11.1. The third-order valence-electron chi connectivity index (χ3n) is 2.15. The fourth-order valence-electron chi connectivity index (χ4n) is 1.16. The molecule has 0 aromatic carbocycles. The SMILES string of the molecule is CCC(=O)CNP(C)OC1=CCC(Cl)C=C1. The lowest BCUT2D eigenvalue weighted by molar-refractivity contribution is -0.117. The Balaban J connectivity index is 2.27. The van der Waals surface area contributed by atoms with Crippen molar-refractivity contribution in [1.29, 1.82) is 0 Å². The third-order valence-corrected chi connectivity index (χ3v) is 3.56. The van der Waals surface area contributed by atoms with Crippen LogP contribution in [-0.2, 0) is 9.32 Å². The molecule has 0 saturated carbocycles. The van der Waals surface area contributed by atoms with Crippen LogP contribution in [0, 0.1) is 0 Å². The van der Waals surface area contributed by atoms with Crippen molar-refractivity contribution >= 4 is 25.7 Å². The molecular formula is C11H17ClNO2P. The number of ketones is 1. The van der Waals surface area contributed by atoms with Crippen LogP contribution < -0.4 is 5.09 Å². The molecule has 0 spiro atoms. The molecule has 1 aliphatic carbocycles. The molecule has 16 heavy (non-hydrogen) atoms. The van der Waals surface area contributed by atoms with Crippen molar-refractivity contribution in [3.63, 3.8) is 0 Å². The maximum Gasteiger partial charge on any atom is 0.158 e. The summed E-state index contributed by atoms with van der Waals surface area (Å²) < 4.78 is 5.65. The van der Waals surface area contributed by atoms with E-state index in [1.807, 2.05) is 31.8 Å². The Morgan fingerprint density at radius 3 is 3.06 bits per heavy atom. The van der Waals surface area contributed by atoms with Crippen LogP contribution in [0.2, 0.25) is 0 Å². The molecule has 2 atom stereocenters. The highest BCUT2D eigenvalue weighted by atomic mass is 35.5. The third kappa shape index (κ3) is 5.11. The average molecular weight is 262 g/mol. The van der Waals surface area contributed by atoms with E-state index in [0.717, 1.165) is 12.2 Å². The van der Waals surface area contributed by atoms with E-state index in [1.165, 1.54) is 0 Å². The van der Waals surface area contributed by atoms with Gasteiger partial charge in [-0.15, -0.1) is 11.6 Å². The zero-order valence-corrected chi connectivity index (χ0v) is 11.2. The molecule has 0 aromatic rings. The molecule has 0 bridgehead atoms. The highest BCUT2D eigenvalue weighted by Gasteiger charge is 2.10. The Hall–Kier alpha value is -0.370. The van der Waals surface area contributed by atoms with Gasteiger partial charge in [0, 0.05) is 13.1 Å². The summed E-state index contributed by atoms with van der Waals surface area (Å²) in [6.45, 7) is 4.18. The number of rotatable bonds is 6. The van der Waals surface area contributed by atoms with Gasteiger partial charge in [-0.05, 0) is 18.6 Å². The number of halogens is 1. The van der Waals surface area contributed by atoms with Crippen LogP contribution >= 0.6 is 19.9 Å². The van der Waals surface area contributed by atoms with Crippen LogP contribution in [0.15, 0.2) is 24.0 Å². The van der Waals surface area contributed by atoms with Gasteiger partial charge >= 0.3 is 0 Å². The lowest BCUT2D eigenvalue weighted by Crippen LogP contribution is -2.18. The number of carbonyl (C=O) groups excluding carboxylic acids is 1. The number of nitrogens with one attached hydrogen (secondary N) is 1. The highest BCUT2D eigenvalue weighted by Crippen LogP contribution is 2.32. The Kier molecular flexibility index (Phi) is 6.04. The van der Waals surface area contributed by atoms with Gasteiger partial charge < -0.3 is 4.52 Å². The fraction of sp³-hybridized carbons (Fsp3) is 0.545. The first kappa shape index (κ1) is 13.7. The van der Waals surface area contributed by atoms with Crippen LogP contribution in [-0.4, -0.2) is 24.4 Å². The van der Waals surface area contributed by atoms with Gasteiger partial charge in [0.25, 0.3) is 0 Å². The molecule has 90 valence electrons. The molecule has 1 N–H and O–H groups in total. The van der Waals surface area contributed by atoms with E-state index in [0.29, 0.717) is 13.0 Å². The Bertz CT molecular complexity index is 304. The summed E-state index contributed by atoms with van der Waals surface area (Å²) in [5, 5.41) is 3.15. The minimum atomic E-state index is -0.789. The second-order valence-electron chi connectivity index (χ2n) is 3.53. The molecule has 1 rings (SSSR count). The van der Waals surface area contributed by atoms with Crippen LogP contribution in [0.4, 0.5) is 0 Å². The molecule has 2 unspecified atom stereocenters. The Morgan fingerprint density at radius 1 is 1.75 bits per heavy atom. The van der Waals surface area contributed by atoms with Crippen LogP contribution in [0.25, 0.3) is 0 Å². The molecular weight excluding hydrogens is 245 g/mol. The first-order valence-electron chi connectivity index (χ1n) is 5.31. The number of Topliss-reactive ketones (excluding diaryl/α,β-unsaturated/α-hetero) is 1. The summed E-state index contributed by atoms with van der Waals surface area (Å²) in [6, 6.07) is 0. The van der Waals surface area contributed by atoms with E-state index in [-0.39, 0.29) is 11.2 Å². The summed E-state index contributed by atoms with van der Waals surface area (Å²) in [4.78, 5) is 11.1. The van der Waals surface area contributed by atoms with E-state index >= 15 is 0 Å². The second-order valence-corrected chi connectivity index (χ2v) is 5.59. The molecule has 5 heteroatoms. The van der Waals surface area contributed by atoms with Crippen LogP contribution in [0.5, 0.6) is 0 Å². The van der Waals surface area contributed by atoms with Crippen molar-refractivity contribution in [2.45, 2.75) is 25.1 Å². The van der Waals surface area contributed by atoms with Gasteiger partial charge in [-0.25, -0.2) is 0 Å². The topological polar surface area (TPSA) is 38.3 Å². The summed E-state index contributed by atoms with van der Waals surface area (Å²) >= 11 is 5.90. The fourth-order valence-corrected chi connectivity index (χ4v) is 2.23. The number of carbonyl (C=O) groups is 1. The molecule has 0 aliphatic heterocycles. The van der Waals surface area contributed by atoms with Crippen molar-refractivity contribution in [3.05, 3.63) is 24.0 Å². The van der Waals surface area contributed by atoms with E-state index in [9.17, 15) is 4.79 Å². The maximum absolute atomic E-state index is 11.1. The number of hydrogen-bond acceptors (Lipinski definition) is 3. The number of alkyl halides is 1. The van der Waals surface area contributed by atoms with Gasteiger partial charge in [-0.2, -0.15) is 0 Å². The molecule has 0 amide bonds. The minimum Gasteiger partial charge on any atom is -0.459 e. The summed E-state index contributed by atoms with van der Waals surface area (Å²) in [7, 11) is -0.789. The van der Waals surface area contributed by atoms with Crippen molar-refractivity contribution < 1.29 is 9.32 Å². The summed E-state index contributed by atoms with van der Waals surface area (Å²) in [5.41, 5.74) is 0. The first-order chi connectivity index (χ1) is 7.61. The quantitative estimate of drug-likeness (QED) is 0.590. The van der Waals surface area contributed by atoms with Crippen LogP contribution in [0.1, 0.15) is 19.8 Å². The zero-order valence-electron chi connectivity index (χ0n) is 9.57. The Labute approximate surface area is 103 Å². The van der Waals surface area contributed by atoms with Gasteiger partial charge in [0.05, 0.1) is 11.9 Å². The molecule has 0 aromatic heterocycles. The summed E-state index contributed by atoms with van der Waals surface area (Å²) in [5.74, 6) is 1.04. The van der Waals surface area contributed by atoms with Gasteiger partial charge in [0.2, 0.25) is 0 Å². The number of allylic oxidation sites excluding steroid dienone is 3. The molecule has 0 radical (unpaired) electrons. The monoisotopic (exact) mass is 261 g/mol. The largest absolute Gasteiger partial charge is 0.459 e. The van der Waals surface area contributed by atoms with Gasteiger partial charge in [0.15, 0.2) is 8.30 Å². The van der Waals surface area contributed by atoms with E-state index < -0.39 is 8.30 Å². The van der Waals surface area contributed by atoms with Gasteiger partial charge in [-0.3, -0.25) is 9.88 Å². The lowest BCUT2D eigenvalue weighted by Gasteiger charge is -2.17. The molecule has 3 nitrogen and oxygen atoms in total. The molecule has 0 fully saturated rings. The average Bonchev–Trinajstić information content (AvgIpc) is 2.29. The minimum absolute atomic E-state index is 0.0741. The van der Waals surface area contributed by atoms with Gasteiger partial charge in [-0.1, -0.05) is 13.0 Å². The van der Waals surface area contributed by atoms with E-state index in [2.05, 4.69) is 5.09 Å². The first-order valence-corrected chi connectivity index (χ1v) is 7.45. The van der Waals surface area contributed by atoms with Gasteiger partial charge in [0.1, 0.15) is 11.5 Å². The lowest BCUT2D eigenvalue weighted by atomic mass is 10.2. The predicted molar refractivity (Wildman–Crippen MR) is 68.7 cm³/mol. The normalized spacial score (nSPS) is 21.4. The van der Waals surface area contributed by atoms with Crippen molar-refractivity contribution in [3.8, 4) is 0 Å². The summed E-state index contributed by atoms with van der Waals surface area (Å²) in [6.07, 6.45) is 7.12. The van der Waals surface area contributed by atoms with Crippen molar-refractivity contribution in [2.24, 2.45) is 0 Å². The standard InChI is InChI=1S/C11H17ClNO2P/c1-3-10(14)8-13-16(2)15-11-6-4-9(12)5-7-11/h4,6-7,9,13H,3,5,8H2,1-2H3. The smallest absolute Gasteiger partial charge is 0.158 e. The molecule has 0 heterocycles. The predicted octanol–water partition coefficient (Wildman–Crippen LogP) is 2.96. The highest BCUT2D eigenvalue weighted by molar-refractivity contribution is 7.49. The molecule has 1 aliphatic rings. The zero-order chi connectivity index (χ0) is 12.0. The second kappa shape index (κ2) is 7.05. The van der Waals surface area contributed by atoms with Crippen LogP contribution in [0.3, 0.4) is 0 Å². The van der Waals surface area contributed by atoms with Crippen molar-refractivity contribution in [2.75, 3.05) is 13.2 Å².